The van der Waals surface area contributed by atoms with Crippen molar-refractivity contribution < 1.29 is 19.1 Å². The van der Waals surface area contributed by atoms with Crippen LogP contribution in [0.3, 0.4) is 0 Å². The van der Waals surface area contributed by atoms with Crippen molar-refractivity contribution in [3.63, 3.8) is 0 Å². The number of benzene rings is 2. The number of alkyl carbamates (subject to hydrolysis) is 1. The topological polar surface area (TPSA) is 87.7 Å². The summed E-state index contributed by atoms with van der Waals surface area (Å²) in [6, 6.07) is 15.1. The normalized spacial score (nSPS) is 13.9. The van der Waals surface area contributed by atoms with E-state index >= 15 is 0 Å². The molecule has 7 nitrogen and oxygen atoms in total. The van der Waals surface area contributed by atoms with E-state index < -0.39 is 23.8 Å². The first-order chi connectivity index (χ1) is 18.7. The van der Waals surface area contributed by atoms with E-state index in [1.165, 1.54) is 0 Å². The summed E-state index contributed by atoms with van der Waals surface area (Å²) in [4.78, 5) is 43.1. The smallest absolute Gasteiger partial charge is 0.408 e. The van der Waals surface area contributed by atoms with Crippen molar-refractivity contribution in [3.05, 3.63) is 71.3 Å². The summed E-state index contributed by atoms with van der Waals surface area (Å²) < 4.78 is 5.54. The van der Waals surface area contributed by atoms with Crippen molar-refractivity contribution in [2.24, 2.45) is 5.92 Å². The molecule has 3 unspecified atom stereocenters. The van der Waals surface area contributed by atoms with E-state index in [1.807, 2.05) is 82.3 Å². The summed E-state index contributed by atoms with van der Waals surface area (Å²) in [5, 5.41) is 5.87. The molecule has 0 bridgehead atoms. The van der Waals surface area contributed by atoms with Gasteiger partial charge in [0.25, 0.3) is 0 Å². The van der Waals surface area contributed by atoms with Crippen LogP contribution in [0.1, 0.15) is 91.0 Å². The Morgan fingerprint density at radius 1 is 0.875 bits per heavy atom. The quantitative estimate of drug-likeness (QED) is 0.322. The summed E-state index contributed by atoms with van der Waals surface area (Å²) in [7, 11) is 0. The van der Waals surface area contributed by atoms with Gasteiger partial charge in [-0.25, -0.2) is 4.79 Å². The zero-order valence-electron chi connectivity index (χ0n) is 25.8. The first kappa shape index (κ1) is 32.9. The van der Waals surface area contributed by atoms with Crippen molar-refractivity contribution in [2.45, 2.75) is 111 Å². The Morgan fingerprint density at radius 2 is 1.52 bits per heavy atom. The molecule has 0 aliphatic rings. The van der Waals surface area contributed by atoms with E-state index in [2.05, 4.69) is 24.5 Å². The van der Waals surface area contributed by atoms with Gasteiger partial charge in [0, 0.05) is 18.5 Å². The number of hydrogen-bond donors (Lipinski definition) is 2. The van der Waals surface area contributed by atoms with E-state index in [0.29, 0.717) is 12.3 Å². The summed E-state index contributed by atoms with van der Waals surface area (Å²) in [5.74, 6) is -0.140. The number of amides is 3. The lowest BCUT2D eigenvalue weighted by atomic mass is 9.95. The number of aryl methyl sites for hydroxylation is 1. The molecule has 2 N–H and O–H groups in total. The molecule has 0 aliphatic carbocycles. The fourth-order valence-corrected chi connectivity index (χ4v) is 4.63. The zero-order chi connectivity index (χ0) is 30.0. The highest BCUT2D eigenvalue weighted by atomic mass is 16.6. The number of ether oxygens (including phenoxy) is 1. The minimum atomic E-state index is -0.932. The van der Waals surface area contributed by atoms with Crippen LogP contribution < -0.4 is 10.6 Å². The van der Waals surface area contributed by atoms with E-state index in [1.54, 1.807) is 25.7 Å². The highest BCUT2D eigenvalue weighted by Gasteiger charge is 2.39. The molecule has 0 fully saturated rings. The fourth-order valence-electron chi connectivity index (χ4n) is 4.63. The van der Waals surface area contributed by atoms with Crippen LogP contribution in [0.15, 0.2) is 54.6 Å². The van der Waals surface area contributed by atoms with Gasteiger partial charge in [-0.15, -0.1) is 0 Å². The van der Waals surface area contributed by atoms with Crippen LogP contribution in [-0.2, 0) is 20.7 Å². The first-order valence-corrected chi connectivity index (χ1v) is 14.4. The van der Waals surface area contributed by atoms with Crippen molar-refractivity contribution >= 4 is 17.9 Å². The molecule has 2 aromatic carbocycles. The second kappa shape index (κ2) is 14.9. The van der Waals surface area contributed by atoms with E-state index in [9.17, 15) is 14.4 Å². The minimum absolute atomic E-state index is 0.109. The number of rotatable bonds is 12. The Kier molecular flexibility index (Phi) is 12.2. The molecule has 0 saturated carbocycles. The largest absolute Gasteiger partial charge is 0.444 e. The highest BCUT2D eigenvalue weighted by molar-refractivity contribution is 5.92. The highest BCUT2D eigenvalue weighted by Crippen LogP contribution is 2.29. The van der Waals surface area contributed by atoms with Crippen LogP contribution in [-0.4, -0.2) is 46.5 Å². The molecule has 0 heterocycles. The molecule has 2 rings (SSSR count). The van der Waals surface area contributed by atoms with Crippen LogP contribution in [0.2, 0.25) is 0 Å². The van der Waals surface area contributed by atoms with Crippen molar-refractivity contribution in [1.82, 2.24) is 15.5 Å². The average Bonchev–Trinajstić information content (AvgIpc) is 2.84. The predicted molar refractivity (Wildman–Crippen MR) is 161 cm³/mol. The zero-order valence-corrected chi connectivity index (χ0v) is 25.8. The third kappa shape index (κ3) is 10.7. The molecule has 7 heteroatoms. The van der Waals surface area contributed by atoms with E-state index in [4.69, 9.17) is 4.74 Å². The van der Waals surface area contributed by atoms with Gasteiger partial charge in [-0.3, -0.25) is 9.59 Å². The lowest BCUT2D eigenvalue weighted by molar-refractivity contribution is -0.145. The second-order valence-electron chi connectivity index (χ2n) is 12.4. The maximum atomic E-state index is 14.6. The molecular formula is C33H49N3O4. The monoisotopic (exact) mass is 551 g/mol. The Balaban J connectivity index is 2.63. The Hall–Kier alpha value is -3.35. The molecule has 2 aromatic rings. The van der Waals surface area contributed by atoms with Crippen molar-refractivity contribution in [1.29, 1.82) is 0 Å². The van der Waals surface area contributed by atoms with Crippen LogP contribution in [0.4, 0.5) is 4.79 Å². The van der Waals surface area contributed by atoms with Crippen LogP contribution in [0.5, 0.6) is 0 Å². The maximum absolute atomic E-state index is 14.6. The van der Waals surface area contributed by atoms with Gasteiger partial charge >= 0.3 is 6.09 Å². The lowest BCUT2D eigenvalue weighted by Gasteiger charge is -2.39. The van der Waals surface area contributed by atoms with Crippen LogP contribution >= 0.6 is 0 Å². The van der Waals surface area contributed by atoms with Gasteiger partial charge in [-0.05, 0) is 78.4 Å². The maximum Gasteiger partial charge on any atom is 0.408 e. The van der Waals surface area contributed by atoms with Crippen molar-refractivity contribution in [3.8, 4) is 0 Å². The third-order valence-electron chi connectivity index (χ3n) is 6.48. The van der Waals surface area contributed by atoms with Gasteiger partial charge < -0.3 is 20.3 Å². The molecule has 3 amide bonds. The van der Waals surface area contributed by atoms with E-state index in [-0.39, 0.29) is 30.3 Å². The molecule has 220 valence electrons. The standard InChI is InChI=1S/C33H49N3O4/c1-22(2)18-19-25(6)36(29(30(37)34-23(3)4)27-17-13-14-24(5)20-27)31(38)28(21-26-15-11-10-12-16-26)35-32(39)40-33(7,8)9/h10-17,20,22-23,25,28-29H,18-19,21H2,1-9H3,(H,34,37)(H,35,39). The Morgan fingerprint density at radius 3 is 2.08 bits per heavy atom. The van der Waals surface area contributed by atoms with Gasteiger partial charge in [0.2, 0.25) is 11.8 Å². The van der Waals surface area contributed by atoms with Gasteiger partial charge in [-0.1, -0.05) is 74.0 Å². The van der Waals surface area contributed by atoms with Crippen LogP contribution in [0.25, 0.3) is 0 Å². The number of nitrogens with one attached hydrogen (secondary N) is 2. The number of carbonyl (C=O) groups excluding carboxylic acids is 3. The first-order valence-electron chi connectivity index (χ1n) is 14.4. The second-order valence-corrected chi connectivity index (χ2v) is 12.4. The van der Waals surface area contributed by atoms with E-state index in [0.717, 1.165) is 23.1 Å². The Labute approximate surface area is 241 Å². The molecule has 3 atom stereocenters. The lowest BCUT2D eigenvalue weighted by Crippen LogP contribution is -2.56. The van der Waals surface area contributed by atoms with Gasteiger partial charge in [0.05, 0.1) is 0 Å². The number of carbonyl (C=O) groups is 3. The molecule has 0 radical (unpaired) electrons. The summed E-state index contributed by atoms with van der Waals surface area (Å²) >= 11 is 0. The molecular weight excluding hydrogens is 502 g/mol. The third-order valence-corrected chi connectivity index (χ3v) is 6.48. The van der Waals surface area contributed by atoms with Crippen molar-refractivity contribution in [2.75, 3.05) is 0 Å². The number of hydrogen-bond acceptors (Lipinski definition) is 4. The minimum Gasteiger partial charge on any atom is -0.444 e. The summed E-state index contributed by atoms with van der Waals surface area (Å²) in [5.41, 5.74) is 1.90. The predicted octanol–water partition coefficient (Wildman–Crippen LogP) is 6.35. The Bertz CT molecular complexity index is 1110. The molecule has 0 aromatic heterocycles. The van der Waals surface area contributed by atoms with Gasteiger partial charge in [-0.2, -0.15) is 0 Å². The van der Waals surface area contributed by atoms with Gasteiger partial charge in [0.15, 0.2) is 0 Å². The summed E-state index contributed by atoms with van der Waals surface area (Å²) in [6.45, 7) is 17.4. The fraction of sp³-hybridized carbons (Fsp3) is 0.545. The number of nitrogens with zero attached hydrogens (tertiary/aromatic N) is 1. The SMILES string of the molecule is Cc1cccc(C(C(=O)NC(C)C)N(C(=O)C(Cc2ccccc2)NC(=O)OC(C)(C)C)C(C)CCC(C)C)c1. The average molecular weight is 552 g/mol. The van der Waals surface area contributed by atoms with Gasteiger partial charge in [0.1, 0.15) is 17.7 Å². The molecule has 0 aliphatic heterocycles. The van der Waals surface area contributed by atoms with Crippen LogP contribution in [0, 0.1) is 12.8 Å². The molecule has 40 heavy (non-hydrogen) atoms. The molecule has 0 spiro atoms. The summed E-state index contributed by atoms with van der Waals surface area (Å²) in [6.07, 6.45) is 1.19. The molecule has 0 saturated heterocycles.